The number of ether oxygens (including phenoxy) is 1. The molecule has 7 heteroatoms. The maximum atomic E-state index is 12.4. The standard InChI is InChI=1S/C21H29N3O3S/c1-14(2)12-17(21(26)27-3)22-19(25)13-24-10-8-15(9-11-24)20-23-16-6-4-5-7-18(16)28-20/h4-7,14-15,17H,8-13H2,1-3H3,(H,22,25)/t17-/m0/s1. The Balaban J connectivity index is 1.50. The number of piperidine rings is 1. The number of benzene rings is 1. The van der Waals surface area contributed by atoms with Gasteiger partial charge >= 0.3 is 5.97 Å². The fraction of sp³-hybridized carbons (Fsp3) is 0.571. The van der Waals surface area contributed by atoms with Gasteiger partial charge in [0.15, 0.2) is 0 Å². The van der Waals surface area contributed by atoms with E-state index in [4.69, 9.17) is 9.72 Å². The summed E-state index contributed by atoms with van der Waals surface area (Å²) in [5.74, 6) is 0.264. The third-order valence-electron chi connectivity index (χ3n) is 5.14. The van der Waals surface area contributed by atoms with Crippen molar-refractivity contribution in [3.05, 3.63) is 29.3 Å². The molecule has 0 spiro atoms. The van der Waals surface area contributed by atoms with E-state index in [1.807, 2.05) is 26.0 Å². The number of carbonyl (C=O) groups excluding carboxylic acids is 2. The minimum Gasteiger partial charge on any atom is -0.467 e. The van der Waals surface area contributed by atoms with Gasteiger partial charge in [0.05, 0.1) is 28.9 Å². The van der Waals surface area contributed by atoms with Crippen molar-refractivity contribution in [3.63, 3.8) is 0 Å². The van der Waals surface area contributed by atoms with Gasteiger partial charge in [-0.1, -0.05) is 26.0 Å². The number of aromatic nitrogens is 1. The van der Waals surface area contributed by atoms with Crippen molar-refractivity contribution >= 4 is 33.4 Å². The Kier molecular flexibility index (Phi) is 7.02. The average molecular weight is 404 g/mol. The Labute approximate surface area is 170 Å². The number of nitrogens with one attached hydrogen (secondary N) is 1. The first kappa shape index (κ1) is 20.7. The lowest BCUT2D eigenvalue weighted by Crippen LogP contribution is -2.47. The summed E-state index contributed by atoms with van der Waals surface area (Å²) < 4.78 is 6.05. The van der Waals surface area contributed by atoms with Gasteiger partial charge in [-0.3, -0.25) is 9.69 Å². The van der Waals surface area contributed by atoms with Gasteiger partial charge in [0, 0.05) is 5.92 Å². The minimum absolute atomic E-state index is 0.116. The highest BCUT2D eigenvalue weighted by Gasteiger charge is 2.27. The summed E-state index contributed by atoms with van der Waals surface area (Å²) >= 11 is 1.78. The van der Waals surface area contributed by atoms with Gasteiger partial charge in [-0.05, 0) is 50.4 Å². The zero-order valence-corrected chi connectivity index (χ0v) is 17.6. The SMILES string of the molecule is COC(=O)[C@H](CC(C)C)NC(=O)CN1CCC(c2nc3ccccc3s2)CC1. The predicted octanol–water partition coefficient (Wildman–Crippen LogP) is 3.18. The van der Waals surface area contributed by atoms with Crippen LogP contribution in [-0.4, -0.2) is 54.5 Å². The molecule has 2 aromatic rings. The van der Waals surface area contributed by atoms with E-state index >= 15 is 0 Å². The number of esters is 1. The van der Waals surface area contributed by atoms with Crippen LogP contribution >= 0.6 is 11.3 Å². The van der Waals surface area contributed by atoms with Crippen LogP contribution < -0.4 is 5.32 Å². The first-order valence-electron chi connectivity index (χ1n) is 9.91. The number of likely N-dealkylation sites (tertiary alicyclic amines) is 1. The molecule has 0 aliphatic carbocycles. The fourth-order valence-electron chi connectivity index (χ4n) is 3.67. The number of nitrogens with zero attached hydrogens (tertiary/aromatic N) is 2. The molecule has 0 radical (unpaired) electrons. The summed E-state index contributed by atoms with van der Waals surface area (Å²) in [6, 6.07) is 7.67. The summed E-state index contributed by atoms with van der Waals surface area (Å²) in [4.78, 5) is 31.3. The zero-order valence-electron chi connectivity index (χ0n) is 16.8. The third-order valence-corrected chi connectivity index (χ3v) is 6.34. The number of amides is 1. The Hall–Kier alpha value is -1.99. The van der Waals surface area contributed by atoms with Gasteiger partial charge in [0.1, 0.15) is 6.04 Å². The molecule has 1 N–H and O–H groups in total. The van der Waals surface area contributed by atoms with Crippen LogP contribution in [0.15, 0.2) is 24.3 Å². The van der Waals surface area contributed by atoms with Crippen LogP contribution in [-0.2, 0) is 14.3 Å². The highest BCUT2D eigenvalue weighted by molar-refractivity contribution is 7.18. The molecule has 2 heterocycles. The lowest BCUT2D eigenvalue weighted by atomic mass is 9.97. The molecule has 6 nitrogen and oxygen atoms in total. The molecule has 0 bridgehead atoms. The van der Waals surface area contributed by atoms with Crippen LogP contribution in [0.5, 0.6) is 0 Å². The van der Waals surface area contributed by atoms with E-state index in [2.05, 4.69) is 22.3 Å². The quantitative estimate of drug-likeness (QED) is 0.719. The van der Waals surface area contributed by atoms with E-state index in [9.17, 15) is 9.59 Å². The molecule has 1 aliphatic heterocycles. The highest BCUT2D eigenvalue weighted by atomic mass is 32.1. The second kappa shape index (κ2) is 9.47. The summed E-state index contributed by atoms with van der Waals surface area (Å²) in [5.41, 5.74) is 1.07. The van der Waals surface area contributed by atoms with Crippen LogP contribution in [0.2, 0.25) is 0 Å². The number of hydrogen-bond acceptors (Lipinski definition) is 6. The molecule has 3 rings (SSSR count). The number of fused-ring (bicyclic) bond motifs is 1. The number of thiazole rings is 1. The van der Waals surface area contributed by atoms with Crippen molar-refractivity contribution in [2.75, 3.05) is 26.7 Å². The highest BCUT2D eigenvalue weighted by Crippen LogP contribution is 2.33. The molecule has 0 saturated carbocycles. The summed E-state index contributed by atoms with van der Waals surface area (Å²) in [6.45, 7) is 6.09. The van der Waals surface area contributed by atoms with E-state index < -0.39 is 6.04 Å². The molecule has 28 heavy (non-hydrogen) atoms. The Morgan fingerprint density at radius 3 is 2.64 bits per heavy atom. The van der Waals surface area contributed by atoms with E-state index in [1.54, 1.807) is 11.3 Å². The number of methoxy groups -OCH3 is 1. The maximum absolute atomic E-state index is 12.4. The van der Waals surface area contributed by atoms with Crippen molar-refractivity contribution in [1.82, 2.24) is 15.2 Å². The fourth-order valence-corrected chi connectivity index (χ4v) is 4.81. The molecule has 1 aromatic heterocycles. The van der Waals surface area contributed by atoms with Crippen molar-refractivity contribution < 1.29 is 14.3 Å². The Bertz CT molecular complexity index is 779. The third kappa shape index (κ3) is 5.29. The largest absolute Gasteiger partial charge is 0.467 e. The van der Waals surface area contributed by atoms with Crippen molar-refractivity contribution in [2.24, 2.45) is 5.92 Å². The lowest BCUT2D eigenvalue weighted by Gasteiger charge is -2.31. The second-order valence-electron chi connectivity index (χ2n) is 7.84. The van der Waals surface area contributed by atoms with Crippen LogP contribution in [0.3, 0.4) is 0 Å². The number of rotatable bonds is 7. The van der Waals surface area contributed by atoms with Crippen molar-refractivity contribution in [2.45, 2.75) is 45.1 Å². The van der Waals surface area contributed by atoms with E-state index in [1.165, 1.54) is 16.8 Å². The van der Waals surface area contributed by atoms with E-state index in [0.717, 1.165) is 31.4 Å². The van der Waals surface area contributed by atoms with Crippen LogP contribution in [0.4, 0.5) is 0 Å². The lowest BCUT2D eigenvalue weighted by molar-refractivity contribution is -0.145. The van der Waals surface area contributed by atoms with Crippen LogP contribution in [0.1, 0.15) is 44.0 Å². The molecule has 1 aromatic carbocycles. The minimum atomic E-state index is -0.571. The summed E-state index contributed by atoms with van der Waals surface area (Å²) in [7, 11) is 1.36. The Morgan fingerprint density at radius 1 is 1.29 bits per heavy atom. The molecule has 1 fully saturated rings. The Morgan fingerprint density at radius 2 is 2.00 bits per heavy atom. The first-order chi connectivity index (χ1) is 13.5. The normalized spacial score (nSPS) is 17.0. The maximum Gasteiger partial charge on any atom is 0.328 e. The molecular formula is C21H29N3O3S. The average Bonchev–Trinajstić information content (AvgIpc) is 3.11. The topological polar surface area (TPSA) is 71.5 Å². The molecule has 1 aliphatic rings. The molecule has 1 amide bonds. The number of carbonyl (C=O) groups is 2. The van der Waals surface area contributed by atoms with Crippen LogP contribution in [0, 0.1) is 5.92 Å². The number of hydrogen-bond donors (Lipinski definition) is 1. The van der Waals surface area contributed by atoms with E-state index in [-0.39, 0.29) is 11.9 Å². The van der Waals surface area contributed by atoms with Gasteiger partial charge in [0.2, 0.25) is 5.91 Å². The number of para-hydroxylation sites is 1. The molecule has 152 valence electrons. The molecule has 1 atom stereocenters. The van der Waals surface area contributed by atoms with Gasteiger partial charge in [-0.15, -0.1) is 11.3 Å². The predicted molar refractivity (Wildman–Crippen MR) is 111 cm³/mol. The van der Waals surface area contributed by atoms with Gasteiger partial charge < -0.3 is 10.1 Å². The van der Waals surface area contributed by atoms with E-state index in [0.29, 0.717) is 24.8 Å². The molecular weight excluding hydrogens is 374 g/mol. The summed E-state index contributed by atoms with van der Waals surface area (Å²) in [5, 5.41) is 4.04. The zero-order chi connectivity index (χ0) is 20.1. The van der Waals surface area contributed by atoms with Gasteiger partial charge in [-0.25, -0.2) is 9.78 Å². The first-order valence-corrected chi connectivity index (χ1v) is 10.7. The van der Waals surface area contributed by atoms with Crippen molar-refractivity contribution in [1.29, 1.82) is 0 Å². The second-order valence-corrected chi connectivity index (χ2v) is 8.91. The monoisotopic (exact) mass is 403 g/mol. The van der Waals surface area contributed by atoms with Gasteiger partial charge in [-0.2, -0.15) is 0 Å². The van der Waals surface area contributed by atoms with Crippen LogP contribution in [0.25, 0.3) is 10.2 Å². The van der Waals surface area contributed by atoms with Gasteiger partial charge in [0.25, 0.3) is 0 Å². The molecule has 1 saturated heterocycles. The van der Waals surface area contributed by atoms with Crippen molar-refractivity contribution in [3.8, 4) is 0 Å². The smallest absolute Gasteiger partial charge is 0.328 e. The molecule has 0 unspecified atom stereocenters. The summed E-state index contributed by atoms with van der Waals surface area (Å²) in [6.07, 6.45) is 2.58.